The van der Waals surface area contributed by atoms with Crippen molar-refractivity contribution in [3.05, 3.63) is 58.7 Å². The summed E-state index contributed by atoms with van der Waals surface area (Å²) in [4.78, 5) is 46.5. The van der Waals surface area contributed by atoms with Crippen LogP contribution in [0.1, 0.15) is 41.4 Å². The SMILES string of the molecule is O=C1OC(=O)c2c(O[P+](=O)Oc3cccc4c3C(=O)OC4=O)cccc21. The van der Waals surface area contributed by atoms with Crippen LogP contribution in [0, 0.1) is 0 Å². The van der Waals surface area contributed by atoms with Gasteiger partial charge in [0.15, 0.2) is 0 Å². The maximum Gasteiger partial charge on any atom is 0.805 e. The lowest BCUT2D eigenvalue weighted by molar-refractivity contribution is 0.0425. The van der Waals surface area contributed by atoms with E-state index in [9.17, 15) is 23.7 Å². The highest BCUT2D eigenvalue weighted by Gasteiger charge is 2.39. The Balaban J connectivity index is 1.61. The van der Waals surface area contributed by atoms with Crippen LogP contribution in [-0.4, -0.2) is 23.9 Å². The standard InChI is InChI=1S/C16H6O9P/c17-13-7-3-1-5-9(11(7)15(19)22-13)24-26(21)25-10-6-2-4-8-12(10)16(20)23-14(8)18/h1-6H/q+1. The minimum Gasteiger partial charge on any atom is -0.386 e. The first-order valence-corrected chi connectivity index (χ1v) is 8.17. The molecule has 0 bridgehead atoms. The summed E-state index contributed by atoms with van der Waals surface area (Å²) in [6, 6.07) is 8.15. The van der Waals surface area contributed by atoms with Crippen LogP contribution in [0.4, 0.5) is 0 Å². The Morgan fingerprint density at radius 3 is 1.50 bits per heavy atom. The zero-order chi connectivity index (χ0) is 18.4. The van der Waals surface area contributed by atoms with Crippen molar-refractivity contribution in [2.45, 2.75) is 0 Å². The predicted molar refractivity (Wildman–Crippen MR) is 81.2 cm³/mol. The number of carbonyl (C=O) groups excluding carboxylic acids is 4. The third-order valence-corrected chi connectivity index (χ3v) is 4.31. The summed E-state index contributed by atoms with van der Waals surface area (Å²) in [5.41, 5.74) is -0.383. The fourth-order valence-electron chi connectivity index (χ4n) is 2.54. The highest BCUT2D eigenvalue weighted by molar-refractivity contribution is 7.34. The van der Waals surface area contributed by atoms with Gasteiger partial charge in [0.05, 0.1) is 11.1 Å². The summed E-state index contributed by atoms with van der Waals surface area (Å²) < 4.78 is 31.3. The molecule has 0 amide bonds. The van der Waals surface area contributed by atoms with E-state index in [1.165, 1.54) is 36.4 Å². The normalized spacial score (nSPS) is 14.5. The van der Waals surface area contributed by atoms with Gasteiger partial charge in [-0.15, -0.1) is 0 Å². The van der Waals surface area contributed by atoms with E-state index in [0.717, 1.165) is 0 Å². The molecule has 0 atom stereocenters. The van der Waals surface area contributed by atoms with Crippen molar-refractivity contribution < 1.29 is 42.3 Å². The number of rotatable bonds is 4. The zero-order valence-electron chi connectivity index (χ0n) is 12.6. The van der Waals surface area contributed by atoms with Gasteiger partial charge in [-0.1, -0.05) is 12.1 Å². The third kappa shape index (κ3) is 2.42. The summed E-state index contributed by atoms with van der Waals surface area (Å²) in [6.45, 7) is 0. The fourth-order valence-corrected chi connectivity index (χ4v) is 3.20. The number of hydrogen-bond donors (Lipinski definition) is 0. The number of fused-ring (bicyclic) bond motifs is 2. The van der Waals surface area contributed by atoms with Crippen molar-refractivity contribution in [2.75, 3.05) is 0 Å². The first kappa shape index (κ1) is 15.9. The molecule has 0 unspecified atom stereocenters. The summed E-state index contributed by atoms with van der Waals surface area (Å²) in [6.07, 6.45) is 0. The van der Waals surface area contributed by atoms with E-state index in [-0.39, 0.29) is 33.8 Å². The molecule has 0 radical (unpaired) electrons. The molecular formula is C16H6O9P+. The molecule has 0 N–H and O–H groups in total. The van der Waals surface area contributed by atoms with Crippen LogP contribution in [0.25, 0.3) is 0 Å². The molecule has 0 aliphatic carbocycles. The average Bonchev–Trinajstić information content (AvgIpc) is 3.05. The first-order chi connectivity index (χ1) is 12.5. The predicted octanol–water partition coefficient (Wildman–Crippen LogP) is 2.42. The molecule has 2 aromatic carbocycles. The molecule has 0 aromatic heterocycles. The van der Waals surface area contributed by atoms with Gasteiger partial charge in [-0.05, 0) is 24.3 Å². The Morgan fingerprint density at radius 2 is 1.08 bits per heavy atom. The van der Waals surface area contributed by atoms with Crippen molar-refractivity contribution in [3.63, 3.8) is 0 Å². The molecule has 2 aliphatic heterocycles. The van der Waals surface area contributed by atoms with E-state index in [0.29, 0.717) is 0 Å². The van der Waals surface area contributed by atoms with Crippen LogP contribution < -0.4 is 9.05 Å². The van der Waals surface area contributed by atoms with E-state index < -0.39 is 32.1 Å². The molecule has 2 aromatic rings. The Hall–Kier alpha value is -3.58. The zero-order valence-corrected chi connectivity index (χ0v) is 13.5. The van der Waals surface area contributed by atoms with Crippen molar-refractivity contribution in [1.82, 2.24) is 0 Å². The van der Waals surface area contributed by atoms with Crippen molar-refractivity contribution in [2.24, 2.45) is 0 Å². The first-order valence-electron chi connectivity index (χ1n) is 7.08. The van der Waals surface area contributed by atoms with Crippen molar-refractivity contribution >= 4 is 32.1 Å². The van der Waals surface area contributed by atoms with E-state index in [1.54, 1.807) is 0 Å². The monoisotopic (exact) mass is 373 g/mol. The molecule has 26 heavy (non-hydrogen) atoms. The second-order valence-corrected chi connectivity index (χ2v) is 5.93. The molecule has 0 fully saturated rings. The second-order valence-electron chi connectivity index (χ2n) is 5.12. The second kappa shape index (κ2) is 5.75. The minimum absolute atomic E-state index is 0.0225. The number of carbonyl (C=O) groups is 4. The van der Waals surface area contributed by atoms with Gasteiger partial charge >= 0.3 is 32.1 Å². The summed E-state index contributed by atoms with van der Waals surface area (Å²) in [5, 5.41) is 0. The van der Waals surface area contributed by atoms with Gasteiger partial charge in [-0.25, -0.2) is 28.2 Å². The topological polar surface area (TPSA) is 122 Å². The Kier molecular flexibility index (Phi) is 3.52. The van der Waals surface area contributed by atoms with Gasteiger partial charge in [-0.3, -0.25) is 0 Å². The average molecular weight is 373 g/mol. The van der Waals surface area contributed by atoms with E-state index in [1.807, 2.05) is 0 Å². The number of ether oxygens (including phenoxy) is 2. The fraction of sp³-hybridized carbons (Fsp3) is 0. The van der Waals surface area contributed by atoms with E-state index in [2.05, 4.69) is 9.47 Å². The van der Waals surface area contributed by atoms with Gasteiger partial charge in [0, 0.05) is 4.57 Å². The Morgan fingerprint density at radius 1 is 0.654 bits per heavy atom. The summed E-state index contributed by atoms with van der Waals surface area (Å²) >= 11 is 0. The maximum absolute atomic E-state index is 12.2. The maximum atomic E-state index is 12.2. The molecule has 2 heterocycles. The molecule has 0 saturated heterocycles. The van der Waals surface area contributed by atoms with Crippen molar-refractivity contribution in [1.29, 1.82) is 0 Å². The number of esters is 4. The Labute approximate surface area is 145 Å². The molecule has 10 heteroatoms. The minimum atomic E-state index is -2.90. The lowest BCUT2D eigenvalue weighted by atomic mass is 10.1. The number of cyclic esters (lactones) is 4. The Bertz CT molecular complexity index is 959. The molecule has 0 spiro atoms. The number of benzene rings is 2. The van der Waals surface area contributed by atoms with E-state index >= 15 is 0 Å². The van der Waals surface area contributed by atoms with Crippen LogP contribution >= 0.6 is 8.25 Å². The van der Waals surface area contributed by atoms with Crippen LogP contribution in [0.3, 0.4) is 0 Å². The van der Waals surface area contributed by atoms with Crippen LogP contribution in [0.5, 0.6) is 11.5 Å². The molecule has 128 valence electrons. The van der Waals surface area contributed by atoms with Crippen molar-refractivity contribution in [3.8, 4) is 11.5 Å². The van der Waals surface area contributed by atoms with Gasteiger partial charge in [-0.2, -0.15) is 0 Å². The lowest BCUT2D eigenvalue weighted by Gasteiger charge is -1.99. The molecule has 9 nitrogen and oxygen atoms in total. The van der Waals surface area contributed by atoms with Crippen LogP contribution in [0.2, 0.25) is 0 Å². The lowest BCUT2D eigenvalue weighted by Crippen LogP contribution is -2.01. The van der Waals surface area contributed by atoms with Crippen LogP contribution in [0.15, 0.2) is 36.4 Å². The smallest absolute Gasteiger partial charge is 0.386 e. The van der Waals surface area contributed by atoms with Crippen LogP contribution in [-0.2, 0) is 14.0 Å². The van der Waals surface area contributed by atoms with Gasteiger partial charge < -0.3 is 9.47 Å². The largest absolute Gasteiger partial charge is 0.805 e. The molecule has 4 rings (SSSR count). The summed E-state index contributed by atoms with van der Waals surface area (Å²) in [7, 11) is -2.90. The molecule has 2 aliphatic rings. The van der Waals surface area contributed by atoms with E-state index in [4.69, 9.17) is 9.05 Å². The van der Waals surface area contributed by atoms with Gasteiger partial charge in [0.1, 0.15) is 11.1 Å². The van der Waals surface area contributed by atoms with Gasteiger partial charge in [0.25, 0.3) is 0 Å². The quantitative estimate of drug-likeness (QED) is 0.452. The number of hydrogen-bond acceptors (Lipinski definition) is 9. The van der Waals surface area contributed by atoms with Gasteiger partial charge in [0.2, 0.25) is 11.5 Å². The highest BCUT2D eigenvalue weighted by atomic mass is 31.1. The highest BCUT2D eigenvalue weighted by Crippen LogP contribution is 2.39. The molecular weight excluding hydrogens is 367 g/mol. The summed E-state index contributed by atoms with van der Waals surface area (Å²) in [5.74, 6) is -3.89. The molecule has 0 saturated carbocycles. The third-order valence-electron chi connectivity index (χ3n) is 3.62.